The van der Waals surface area contributed by atoms with E-state index in [1.807, 2.05) is 12.1 Å². The van der Waals surface area contributed by atoms with Gasteiger partial charge in [-0.1, -0.05) is 5.16 Å². The summed E-state index contributed by atoms with van der Waals surface area (Å²) in [5.74, 6) is 0.881. The van der Waals surface area contributed by atoms with Gasteiger partial charge >= 0.3 is 0 Å². The topological polar surface area (TPSA) is 80.3 Å². The van der Waals surface area contributed by atoms with Crippen LogP contribution in [0.25, 0.3) is 0 Å². The second-order valence-electron chi connectivity index (χ2n) is 4.67. The minimum absolute atomic E-state index is 0.0983. The summed E-state index contributed by atoms with van der Waals surface area (Å²) in [6.45, 7) is 5.22. The van der Waals surface area contributed by atoms with Gasteiger partial charge < -0.3 is 20.4 Å². The third-order valence-corrected chi connectivity index (χ3v) is 3.25. The van der Waals surface area contributed by atoms with Crippen LogP contribution in [0.1, 0.15) is 12.0 Å². The second-order valence-corrected chi connectivity index (χ2v) is 4.67. The van der Waals surface area contributed by atoms with Gasteiger partial charge in [0.15, 0.2) is 5.84 Å². The molecule has 0 atom stereocenters. The number of benzene rings is 1. The van der Waals surface area contributed by atoms with Crippen LogP contribution in [0.4, 0.5) is 0 Å². The normalized spacial score (nSPS) is 17.7. The maximum atomic E-state index is 8.58. The third-order valence-electron chi connectivity index (χ3n) is 3.25. The molecule has 1 heterocycles. The van der Waals surface area contributed by atoms with Crippen LogP contribution in [0.3, 0.4) is 0 Å². The van der Waals surface area contributed by atoms with E-state index in [1.54, 1.807) is 12.1 Å². The van der Waals surface area contributed by atoms with Gasteiger partial charge in [-0.2, -0.15) is 0 Å². The van der Waals surface area contributed by atoms with E-state index in [0.29, 0.717) is 12.2 Å². The number of nitrogens with zero attached hydrogens (tertiary/aromatic N) is 2. The summed E-state index contributed by atoms with van der Waals surface area (Å²) in [4.78, 5) is 2.35. The van der Waals surface area contributed by atoms with Crippen LogP contribution < -0.4 is 10.5 Å². The fourth-order valence-corrected chi connectivity index (χ4v) is 2.09. The van der Waals surface area contributed by atoms with Gasteiger partial charge in [0.25, 0.3) is 0 Å². The Morgan fingerprint density at radius 3 is 2.85 bits per heavy atom. The average Bonchev–Trinajstić information content (AvgIpc) is 2.76. The Hall–Kier alpha value is -1.79. The fourth-order valence-electron chi connectivity index (χ4n) is 2.09. The Kier molecular flexibility index (Phi) is 5.64. The number of hydrogen-bond donors (Lipinski definition) is 2. The Labute approximate surface area is 118 Å². The monoisotopic (exact) mass is 279 g/mol. The predicted molar refractivity (Wildman–Crippen MR) is 76.3 cm³/mol. The largest absolute Gasteiger partial charge is 0.492 e. The lowest BCUT2D eigenvalue weighted by molar-refractivity contribution is 0.137. The molecule has 1 aliphatic heterocycles. The molecule has 3 N–H and O–H groups in total. The lowest BCUT2D eigenvalue weighted by atomic mass is 10.2. The van der Waals surface area contributed by atoms with E-state index in [9.17, 15) is 0 Å². The molecule has 0 radical (unpaired) electrons. The van der Waals surface area contributed by atoms with Gasteiger partial charge in [0, 0.05) is 31.8 Å². The molecule has 0 unspecified atom stereocenters. The maximum absolute atomic E-state index is 8.58. The summed E-state index contributed by atoms with van der Waals surface area (Å²) in [6, 6.07) is 7.17. The summed E-state index contributed by atoms with van der Waals surface area (Å²) >= 11 is 0. The van der Waals surface area contributed by atoms with E-state index < -0.39 is 0 Å². The highest BCUT2D eigenvalue weighted by Crippen LogP contribution is 2.12. The molecule has 110 valence electrons. The molecule has 0 bridgehead atoms. The van der Waals surface area contributed by atoms with E-state index >= 15 is 0 Å². The van der Waals surface area contributed by atoms with Gasteiger partial charge in [-0.05, 0) is 30.7 Å². The summed E-state index contributed by atoms with van der Waals surface area (Å²) in [5, 5.41) is 11.5. The minimum Gasteiger partial charge on any atom is -0.492 e. The van der Waals surface area contributed by atoms with Crippen molar-refractivity contribution in [3.63, 3.8) is 0 Å². The summed E-state index contributed by atoms with van der Waals surface area (Å²) in [7, 11) is 0. The van der Waals surface area contributed by atoms with Gasteiger partial charge in [-0.25, -0.2) is 0 Å². The Bertz CT molecular complexity index is 426. The van der Waals surface area contributed by atoms with E-state index in [1.165, 1.54) is 0 Å². The van der Waals surface area contributed by atoms with E-state index in [4.69, 9.17) is 20.4 Å². The molecule has 20 heavy (non-hydrogen) atoms. The first kappa shape index (κ1) is 14.6. The summed E-state index contributed by atoms with van der Waals surface area (Å²) < 4.78 is 11.1. The molecule has 0 amide bonds. The van der Waals surface area contributed by atoms with Gasteiger partial charge in [0.05, 0.1) is 6.61 Å². The maximum Gasteiger partial charge on any atom is 0.170 e. The quantitative estimate of drug-likeness (QED) is 0.362. The lowest BCUT2D eigenvalue weighted by Gasteiger charge is -2.19. The zero-order valence-electron chi connectivity index (χ0n) is 11.5. The molecule has 0 aliphatic carbocycles. The zero-order valence-corrected chi connectivity index (χ0v) is 11.5. The highest BCUT2D eigenvalue weighted by atomic mass is 16.5. The molecular formula is C14H21N3O3. The summed E-state index contributed by atoms with van der Waals surface area (Å²) in [6.07, 6.45) is 1.08. The van der Waals surface area contributed by atoms with E-state index in [2.05, 4.69) is 10.1 Å². The Morgan fingerprint density at radius 1 is 1.30 bits per heavy atom. The molecule has 6 heteroatoms. The first-order valence-electron chi connectivity index (χ1n) is 6.80. The first-order chi connectivity index (χ1) is 9.79. The first-order valence-corrected chi connectivity index (χ1v) is 6.80. The highest BCUT2D eigenvalue weighted by molar-refractivity contribution is 5.97. The van der Waals surface area contributed by atoms with Crippen molar-refractivity contribution in [2.75, 3.05) is 39.5 Å². The van der Waals surface area contributed by atoms with Crippen LogP contribution >= 0.6 is 0 Å². The van der Waals surface area contributed by atoms with Crippen LogP contribution in [-0.4, -0.2) is 55.4 Å². The predicted octanol–water partition coefficient (Wildman–Crippen LogP) is 0.882. The Morgan fingerprint density at radius 2 is 2.10 bits per heavy atom. The van der Waals surface area contributed by atoms with Crippen molar-refractivity contribution in [1.82, 2.24) is 4.90 Å². The number of oxime groups is 1. The van der Waals surface area contributed by atoms with Crippen molar-refractivity contribution in [2.24, 2.45) is 10.9 Å². The molecule has 1 aliphatic rings. The second kappa shape index (κ2) is 7.72. The lowest BCUT2D eigenvalue weighted by Crippen LogP contribution is -2.30. The molecule has 1 aromatic carbocycles. The van der Waals surface area contributed by atoms with Crippen molar-refractivity contribution in [3.8, 4) is 5.75 Å². The fraction of sp³-hybridized carbons (Fsp3) is 0.500. The number of hydrogen-bond acceptors (Lipinski definition) is 5. The molecule has 2 rings (SSSR count). The van der Waals surface area contributed by atoms with Crippen LogP contribution in [0.2, 0.25) is 0 Å². The van der Waals surface area contributed by atoms with Crippen molar-refractivity contribution >= 4 is 5.84 Å². The van der Waals surface area contributed by atoms with Crippen molar-refractivity contribution in [2.45, 2.75) is 6.42 Å². The molecule has 1 saturated heterocycles. The standard InChI is InChI=1S/C14H21N3O3/c15-14(16-18)12-2-4-13(5-3-12)20-11-8-17-6-1-9-19-10-7-17/h2-5,18H,1,6-11H2,(H2,15,16). The van der Waals surface area contributed by atoms with Crippen LogP contribution in [0.15, 0.2) is 29.4 Å². The zero-order chi connectivity index (χ0) is 14.2. The third kappa shape index (κ3) is 4.40. The van der Waals surface area contributed by atoms with Crippen molar-refractivity contribution in [1.29, 1.82) is 0 Å². The molecular weight excluding hydrogens is 258 g/mol. The highest BCUT2D eigenvalue weighted by Gasteiger charge is 2.08. The van der Waals surface area contributed by atoms with Gasteiger partial charge in [-0.15, -0.1) is 0 Å². The van der Waals surface area contributed by atoms with Crippen LogP contribution in [0, 0.1) is 0 Å². The van der Waals surface area contributed by atoms with Gasteiger partial charge in [0.2, 0.25) is 0 Å². The minimum atomic E-state index is 0.0983. The number of amidine groups is 1. The van der Waals surface area contributed by atoms with Gasteiger partial charge in [0.1, 0.15) is 12.4 Å². The van der Waals surface area contributed by atoms with Crippen LogP contribution in [0.5, 0.6) is 5.75 Å². The van der Waals surface area contributed by atoms with Crippen molar-refractivity contribution < 1.29 is 14.7 Å². The SMILES string of the molecule is NC(=NO)c1ccc(OCCN2CCCOCC2)cc1. The molecule has 6 nitrogen and oxygen atoms in total. The van der Waals surface area contributed by atoms with E-state index in [-0.39, 0.29) is 5.84 Å². The number of nitrogens with two attached hydrogens (primary N) is 1. The van der Waals surface area contributed by atoms with Crippen LogP contribution in [-0.2, 0) is 4.74 Å². The molecule has 1 fully saturated rings. The average molecular weight is 279 g/mol. The number of ether oxygens (including phenoxy) is 2. The molecule has 1 aromatic rings. The number of rotatable bonds is 5. The molecule has 0 aromatic heterocycles. The van der Waals surface area contributed by atoms with Crippen molar-refractivity contribution in [3.05, 3.63) is 29.8 Å². The van der Waals surface area contributed by atoms with Gasteiger partial charge in [-0.3, -0.25) is 4.90 Å². The Balaban J connectivity index is 1.76. The smallest absolute Gasteiger partial charge is 0.170 e. The molecule has 0 spiro atoms. The van der Waals surface area contributed by atoms with E-state index in [0.717, 1.165) is 45.0 Å². The molecule has 0 saturated carbocycles. The summed E-state index contributed by atoms with van der Waals surface area (Å²) in [5.41, 5.74) is 6.17.